The molecule has 0 bridgehead atoms. The van der Waals surface area contributed by atoms with Crippen LogP contribution in [0, 0.1) is 6.92 Å². The van der Waals surface area contributed by atoms with Crippen molar-refractivity contribution in [3.8, 4) is 0 Å². The summed E-state index contributed by atoms with van der Waals surface area (Å²) in [6.07, 6.45) is 0.867. The number of amides is 2. The summed E-state index contributed by atoms with van der Waals surface area (Å²) in [6.45, 7) is 4.59. The van der Waals surface area contributed by atoms with Gasteiger partial charge in [0.15, 0.2) is 0 Å². The molecule has 1 aromatic carbocycles. The fourth-order valence-electron chi connectivity index (χ4n) is 1.77. The van der Waals surface area contributed by atoms with Gasteiger partial charge in [-0.05, 0) is 18.9 Å². The zero-order valence-corrected chi connectivity index (χ0v) is 12.3. The molecule has 0 aliphatic rings. The normalized spacial score (nSPS) is 11.8. The number of hydrogen-bond donors (Lipinski definition) is 2. The smallest absolute Gasteiger partial charge is 0.244 e. The third-order valence-electron chi connectivity index (χ3n) is 3.03. The number of carbonyl (C=O) groups excluding carboxylic acids is 2. The molecule has 0 saturated heterocycles. The number of carbonyl (C=O) groups is 2. The van der Waals surface area contributed by atoms with Gasteiger partial charge in [-0.1, -0.05) is 36.8 Å². The van der Waals surface area contributed by atoms with Crippen LogP contribution in [0.2, 0.25) is 0 Å². The maximum absolute atomic E-state index is 12.2. The molecule has 0 spiro atoms. The molecule has 0 aromatic heterocycles. The molecule has 5 nitrogen and oxygen atoms in total. The second-order valence-electron chi connectivity index (χ2n) is 4.93. The van der Waals surface area contributed by atoms with E-state index in [1.165, 1.54) is 4.90 Å². The first-order chi connectivity index (χ1) is 9.45. The molecule has 2 amide bonds. The summed E-state index contributed by atoms with van der Waals surface area (Å²) in [5.41, 5.74) is 7.81. The molecule has 0 fully saturated rings. The van der Waals surface area contributed by atoms with Crippen LogP contribution in [0.25, 0.3) is 0 Å². The van der Waals surface area contributed by atoms with E-state index in [1.807, 2.05) is 38.1 Å². The Morgan fingerprint density at radius 2 is 1.90 bits per heavy atom. The van der Waals surface area contributed by atoms with Gasteiger partial charge in [0, 0.05) is 13.6 Å². The Balaban J connectivity index is 2.59. The summed E-state index contributed by atoms with van der Waals surface area (Å²) in [4.78, 5) is 25.1. The van der Waals surface area contributed by atoms with Gasteiger partial charge < -0.3 is 16.0 Å². The third kappa shape index (κ3) is 4.66. The van der Waals surface area contributed by atoms with E-state index in [0.717, 1.165) is 17.5 Å². The van der Waals surface area contributed by atoms with Crippen molar-refractivity contribution >= 4 is 11.8 Å². The Morgan fingerprint density at radius 3 is 2.45 bits per heavy atom. The number of nitrogens with one attached hydrogen (secondary N) is 1. The zero-order chi connectivity index (χ0) is 15.1. The van der Waals surface area contributed by atoms with Crippen LogP contribution in [0.5, 0.6) is 0 Å². The molecule has 3 N–H and O–H groups in total. The molecule has 0 aliphatic carbocycles. The summed E-state index contributed by atoms with van der Waals surface area (Å²) in [7, 11) is 1.59. The highest BCUT2D eigenvalue weighted by molar-refractivity contribution is 5.87. The van der Waals surface area contributed by atoms with E-state index in [-0.39, 0.29) is 18.4 Å². The molecule has 0 aliphatic heterocycles. The van der Waals surface area contributed by atoms with Crippen LogP contribution in [0.4, 0.5) is 0 Å². The summed E-state index contributed by atoms with van der Waals surface area (Å²) in [5.74, 6) is -0.431. The standard InChI is InChI=1S/C15H23N3O2/c1-4-9-17-13(19)10-18(3)15(20)14(16)12-7-5-11(2)6-8-12/h5-8,14H,4,9-10,16H2,1-3H3,(H,17,19). The fourth-order valence-corrected chi connectivity index (χ4v) is 1.77. The minimum Gasteiger partial charge on any atom is -0.355 e. The highest BCUT2D eigenvalue weighted by atomic mass is 16.2. The molecule has 1 atom stereocenters. The van der Waals surface area contributed by atoms with Crippen molar-refractivity contribution in [3.05, 3.63) is 35.4 Å². The lowest BCUT2D eigenvalue weighted by molar-refractivity contribution is -0.135. The number of likely N-dealkylation sites (N-methyl/N-ethyl adjacent to an activating group) is 1. The zero-order valence-electron chi connectivity index (χ0n) is 12.3. The fraction of sp³-hybridized carbons (Fsp3) is 0.467. The first kappa shape index (κ1) is 16.2. The van der Waals surface area contributed by atoms with Crippen molar-refractivity contribution in [3.63, 3.8) is 0 Å². The van der Waals surface area contributed by atoms with Crippen molar-refractivity contribution in [2.24, 2.45) is 5.73 Å². The molecular formula is C15H23N3O2. The van der Waals surface area contributed by atoms with E-state index in [9.17, 15) is 9.59 Å². The van der Waals surface area contributed by atoms with E-state index >= 15 is 0 Å². The molecular weight excluding hydrogens is 254 g/mol. The quantitative estimate of drug-likeness (QED) is 0.814. The Bertz CT molecular complexity index is 457. The van der Waals surface area contributed by atoms with Gasteiger partial charge in [0.05, 0.1) is 6.54 Å². The molecule has 1 aromatic rings. The Morgan fingerprint density at radius 1 is 1.30 bits per heavy atom. The largest absolute Gasteiger partial charge is 0.355 e. The van der Waals surface area contributed by atoms with Crippen molar-refractivity contribution in [1.29, 1.82) is 0 Å². The van der Waals surface area contributed by atoms with Crippen molar-refractivity contribution in [2.75, 3.05) is 20.1 Å². The van der Waals surface area contributed by atoms with E-state index in [1.54, 1.807) is 7.05 Å². The van der Waals surface area contributed by atoms with Crippen LogP contribution < -0.4 is 11.1 Å². The monoisotopic (exact) mass is 277 g/mol. The molecule has 0 saturated carbocycles. The lowest BCUT2D eigenvalue weighted by Crippen LogP contribution is -2.42. The maximum Gasteiger partial charge on any atom is 0.244 e. The Kier molecular flexibility index (Phi) is 6.18. The van der Waals surface area contributed by atoms with Crippen LogP contribution in [0.15, 0.2) is 24.3 Å². The lowest BCUT2D eigenvalue weighted by Gasteiger charge is -2.21. The average Bonchev–Trinajstić information content (AvgIpc) is 2.44. The van der Waals surface area contributed by atoms with Crippen LogP contribution in [0.1, 0.15) is 30.5 Å². The number of aryl methyl sites for hydroxylation is 1. The van der Waals surface area contributed by atoms with Crippen LogP contribution in [-0.2, 0) is 9.59 Å². The minimum atomic E-state index is -0.737. The number of nitrogens with zero attached hydrogens (tertiary/aromatic N) is 1. The Hall–Kier alpha value is -1.88. The van der Waals surface area contributed by atoms with Gasteiger partial charge in [-0.15, -0.1) is 0 Å². The van der Waals surface area contributed by atoms with Crippen molar-refractivity contribution in [1.82, 2.24) is 10.2 Å². The average molecular weight is 277 g/mol. The van der Waals surface area contributed by atoms with E-state index in [0.29, 0.717) is 6.54 Å². The number of nitrogens with two attached hydrogens (primary N) is 1. The molecule has 5 heteroatoms. The van der Waals surface area contributed by atoms with Gasteiger partial charge >= 0.3 is 0 Å². The first-order valence-electron chi connectivity index (χ1n) is 6.79. The number of hydrogen-bond acceptors (Lipinski definition) is 3. The topological polar surface area (TPSA) is 75.4 Å². The van der Waals surface area contributed by atoms with Crippen molar-refractivity contribution in [2.45, 2.75) is 26.3 Å². The second-order valence-corrected chi connectivity index (χ2v) is 4.93. The van der Waals surface area contributed by atoms with Crippen LogP contribution in [0.3, 0.4) is 0 Å². The Labute approximate surface area is 120 Å². The first-order valence-corrected chi connectivity index (χ1v) is 6.79. The molecule has 0 heterocycles. The van der Waals surface area contributed by atoms with Crippen molar-refractivity contribution < 1.29 is 9.59 Å². The number of benzene rings is 1. The summed E-state index contributed by atoms with van der Waals surface area (Å²) < 4.78 is 0. The molecule has 110 valence electrons. The molecule has 0 radical (unpaired) electrons. The van der Waals surface area contributed by atoms with Gasteiger partial charge in [-0.3, -0.25) is 9.59 Å². The van der Waals surface area contributed by atoms with Crippen LogP contribution in [-0.4, -0.2) is 36.9 Å². The SMILES string of the molecule is CCCNC(=O)CN(C)C(=O)C(N)c1ccc(C)cc1. The highest BCUT2D eigenvalue weighted by Gasteiger charge is 2.21. The van der Waals surface area contributed by atoms with Gasteiger partial charge in [-0.2, -0.15) is 0 Å². The van der Waals surface area contributed by atoms with Gasteiger partial charge in [0.2, 0.25) is 11.8 Å². The van der Waals surface area contributed by atoms with Gasteiger partial charge in [0.1, 0.15) is 6.04 Å². The third-order valence-corrected chi connectivity index (χ3v) is 3.03. The minimum absolute atomic E-state index is 0.0262. The summed E-state index contributed by atoms with van der Waals surface area (Å²) >= 11 is 0. The van der Waals surface area contributed by atoms with E-state index in [2.05, 4.69) is 5.32 Å². The van der Waals surface area contributed by atoms with Crippen LogP contribution >= 0.6 is 0 Å². The molecule has 20 heavy (non-hydrogen) atoms. The van der Waals surface area contributed by atoms with Gasteiger partial charge in [0.25, 0.3) is 0 Å². The maximum atomic E-state index is 12.2. The molecule has 1 unspecified atom stereocenters. The lowest BCUT2D eigenvalue weighted by atomic mass is 10.0. The molecule has 1 rings (SSSR count). The van der Waals surface area contributed by atoms with E-state index in [4.69, 9.17) is 5.73 Å². The predicted octanol–water partition coefficient (Wildman–Crippen LogP) is 0.979. The van der Waals surface area contributed by atoms with Gasteiger partial charge in [-0.25, -0.2) is 0 Å². The summed E-state index contributed by atoms with van der Waals surface area (Å²) in [6, 6.07) is 6.76. The highest BCUT2D eigenvalue weighted by Crippen LogP contribution is 2.13. The number of rotatable bonds is 6. The summed E-state index contributed by atoms with van der Waals surface area (Å²) in [5, 5.41) is 2.73. The second kappa shape index (κ2) is 7.65. The predicted molar refractivity (Wildman–Crippen MR) is 79.0 cm³/mol. The van der Waals surface area contributed by atoms with E-state index < -0.39 is 6.04 Å².